The molecule has 2 saturated heterocycles. The lowest BCUT2D eigenvalue weighted by atomic mass is 9.89. The highest BCUT2D eigenvalue weighted by Gasteiger charge is 2.34. The van der Waals surface area contributed by atoms with Gasteiger partial charge in [0.25, 0.3) is 5.91 Å². The Balaban J connectivity index is 1.57. The van der Waals surface area contributed by atoms with E-state index in [0.717, 1.165) is 37.8 Å². The zero-order chi connectivity index (χ0) is 16.4. The van der Waals surface area contributed by atoms with Crippen molar-refractivity contribution >= 4 is 5.91 Å². The van der Waals surface area contributed by atoms with Crippen molar-refractivity contribution in [1.82, 2.24) is 4.90 Å². The number of carbonyl (C=O) groups is 1. The molecule has 0 aliphatic carbocycles. The maximum absolute atomic E-state index is 13.3. The van der Waals surface area contributed by atoms with Gasteiger partial charge in [-0.1, -0.05) is 19.9 Å². The molecule has 126 valence electrons. The van der Waals surface area contributed by atoms with E-state index >= 15 is 0 Å². The molecule has 2 aliphatic heterocycles. The molecule has 4 heteroatoms. The molecule has 3 rings (SSSR count). The molecular formula is C19H28FN2O+. The summed E-state index contributed by atoms with van der Waals surface area (Å²) in [7, 11) is 0. The first-order valence-electron chi connectivity index (χ1n) is 8.92. The van der Waals surface area contributed by atoms with Crippen molar-refractivity contribution in [1.29, 1.82) is 0 Å². The zero-order valence-corrected chi connectivity index (χ0v) is 14.2. The monoisotopic (exact) mass is 319 g/mol. The van der Waals surface area contributed by atoms with Crippen LogP contribution >= 0.6 is 0 Å². The highest BCUT2D eigenvalue weighted by atomic mass is 19.1. The number of piperidine rings is 2. The fourth-order valence-electron chi connectivity index (χ4n) is 4.46. The molecule has 1 aromatic rings. The molecular weight excluding hydrogens is 291 g/mol. The molecule has 0 saturated carbocycles. The van der Waals surface area contributed by atoms with Crippen molar-refractivity contribution in [2.75, 3.05) is 26.2 Å². The maximum atomic E-state index is 13.3. The van der Waals surface area contributed by atoms with Crippen molar-refractivity contribution in [2.45, 2.75) is 39.2 Å². The topological polar surface area (TPSA) is 24.8 Å². The number of hydrogen-bond acceptors (Lipinski definition) is 1. The zero-order valence-electron chi connectivity index (χ0n) is 14.2. The molecule has 1 aromatic carbocycles. The molecule has 2 aliphatic rings. The third kappa shape index (κ3) is 3.92. The second-order valence-electron chi connectivity index (χ2n) is 7.59. The lowest BCUT2D eigenvalue weighted by molar-refractivity contribution is -0.938. The van der Waals surface area contributed by atoms with Gasteiger partial charge in [0.15, 0.2) is 0 Å². The molecule has 2 fully saturated rings. The lowest BCUT2D eigenvalue weighted by Crippen LogP contribution is -3.18. The van der Waals surface area contributed by atoms with Gasteiger partial charge in [-0.3, -0.25) is 4.79 Å². The number of nitrogens with one attached hydrogen (secondary N) is 1. The normalized spacial score (nSPS) is 29.5. The highest BCUT2D eigenvalue weighted by Crippen LogP contribution is 2.17. The second-order valence-corrected chi connectivity index (χ2v) is 7.59. The molecule has 0 aromatic heterocycles. The maximum Gasteiger partial charge on any atom is 0.253 e. The number of benzene rings is 1. The van der Waals surface area contributed by atoms with Crippen molar-refractivity contribution in [3.8, 4) is 0 Å². The fraction of sp³-hybridized carbons (Fsp3) is 0.632. The molecule has 0 bridgehead atoms. The molecule has 2 heterocycles. The first-order chi connectivity index (χ1) is 11.0. The summed E-state index contributed by atoms with van der Waals surface area (Å²) in [6.45, 7) is 8.86. The van der Waals surface area contributed by atoms with Crippen LogP contribution in [0.3, 0.4) is 0 Å². The van der Waals surface area contributed by atoms with Crippen LogP contribution in [0.25, 0.3) is 0 Å². The summed E-state index contributed by atoms with van der Waals surface area (Å²) in [4.78, 5) is 16.1. The quantitative estimate of drug-likeness (QED) is 0.886. The van der Waals surface area contributed by atoms with E-state index in [1.807, 2.05) is 4.90 Å². The lowest BCUT2D eigenvalue weighted by Gasteiger charge is -2.41. The first-order valence-corrected chi connectivity index (χ1v) is 8.92. The Labute approximate surface area is 138 Å². The number of carbonyl (C=O) groups excluding carboxylic acids is 1. The predicted octanol–water partition coefficient (Wildman–Crippen LogP) is 1.99. The fourth-order valence-corrected chi connectivity index (χ4v) is 4.46. The molecule has 23 heavy (non-hydrogen) atoms. The number of halogens is 1. The van der Waals surface area contributed by atoms with E-state index in [1.54, 1.807) is 17.0 Å². The summed E-state index contributed by atoms with van der Waals surface area (Å²) in [5.41, 5.74) is 0.469. The van der Waals surface area contributed by atoms with Crippen LogP contribution in [-0.2, 0) is 0 Å². The predicted molar refractivity (Wildman–Crippen MR) is 89.0 cm³/mol. The molecule has 2 atom stereocenters. The van der Waals surface area contributed by atoms with Gasteiger partial charge in [0.05, 0.1) is 19.1 Å². The molecule has 0 radical (unpaired) electrons. The number of amides is 1. The SMILES string of the molecule is CC1CC(C)C[NH+](C2CCN(C(=O)c3cccc(F)c3)CC2)C1. The summed E-state index contributed by atoms with van der Waals surface area (Å²) in [5.74, 6) is 1.24. The van der Waals surface area contributed by atoms with E-state index in [9.17, 15) is 9.18 Å². The van der Waals surface area contributed by atoms with Gasteiger partial charge >= 0.3 is 0 Å². The van der Waals surface area contributed by atoms with Crippen LogP contribution in [0, 0.1) is 17.7 Å². The summed E-state index contributed by atoms with van der Waals surface area (Å²) < 4.78 is 13.3. The van der Waals surface area contributed by atoms with Gasteiger partial charge in [-0.2, -0.15) is 0 Å². The second kappa shape index (κ2) is 7.00. The minimum absolute atomic E-state index is 0.0293. The standard InChI is InChI=1S/C19H27FN2O/c1-14-10-15(2)13-22(12-14)18-6-8-21(9-7-18)19(23)16-4-3-5-17(20)11-16/h3-5,11,14-15,18H,6-10,12-13H2,1-2H3/p+1. The Morgan fingerprint density at radius 1 is 1.17 bits per heavy atom. The Bertz CT molecular complexity index is 544. The molecule has 3 nitrogen and oxygen atoms in total. The van der Waals surface area contributed by atoms with E-state index in [-0.39, 0.29) is 11.7 Å². The van der Waals surface area contributed by atoms with Crippen LogP contribution in [0.1, 0.15) is 43.5 Å². The molecule has 0 spiro atoms. The first kappa shape index (κ1) is 16.4. The average Bonchev–Trinajstić information content (AvgIpc) is 2.53. The Morgan fingerprint density at radius 3 is 2.43 bits per heavy atom. The molecule has 2 unspecified atom stereocenters. The summed E-state index contributed by atoms with van der Waals surface area (Å²) in [6, 6.07) is 6.71. The molecule has 1 amide bonds. The van der Waals surface area contributed by atoms with E-state index in [1.165, 1.54) is 31.6 Å². The Kier molecular flexibility index (Phi) is 5.00. The number of hydrogen-bond donors (Lipinski definition) is 1. The van der Waals surface area contributed by atoms with Crippen molar-refractivity contribution in [3.63, 3.8) is 0 Å². The van der Waals surface area contributed by atoms with Crippen molar-refractivity contribution in [2.24, 2.45) is 11.8 Å². The van der Waals surface area contributed by atoms with E-state index < -0.39 is 0 Å². The third-order valence-electron chi connectivity index (χ3n) is 5.46. The average molecular weight is 319 g/mol. The largest absolute Gasteiger partial charge is 0.338 e. The smallest absolute Gasteiger partial charge is 0.253 e. The van der Waals surface area contributed by atoms with Crippen LogP contribution in [0.5, 0.6) is 0 Å². The summed E-state index contributed by atoms with van der Waals surface area (Å²) in [5, 5.41) is 0. The molecule has 1 N–H and O–H groups in total. The van der Waals surface area contributed by atoms with Crippen molar-refractivity contribution < 1.29 is 14.1 Å². The van der Waals surface area contributed by atoms with Crippen LogP contribution in [0.4, 0.5) is 4.39 Å². The van der Waals surface area contributed by atoms with Crippen LogP contribution < -0.4 is 4.90 Å². The number of rotatable bonds is 2. The van der Waals surface area contributed by atoms with E-state index in [4.69, 9.17) is 0 Å². The van der Waals surface area contributed by atoms with Gasteiger partial charge in [0.1, 0.15) is 5.82 Å². The minimum atomic E-state index is -0.341. The van der Waals surface area contributed by atoms with Gasteiger partial charge in [-0.25, -0.2) is 4.39 Å². The van der Waals surface area contributed by atoms with Gasteiger partial charge < -0.3 is 9.80 Å². The van der Waals surface area contributed by atoms with Gasteiger partial charge in [0.2, 0.25) is 0 Å². The summed E-state index contributed by atoms with van der Waals surface area (Å²) in [6.07, 6.45) is 3.48. The number of likely N-dealkylation sites (tertiary alicyclic amines) is 2. The van der Waals surface area contributed by atoms with Crippen LogP contribution in [0.2, 0.25) is 0 Å². The number of nitrogens with zero attached hydrogens (tertiary/aromatic N) is 1. The highest BCUT2D eigenvalue weighted by molar-refractivity contribution is 5.94. The third-order valence-corrected chi connectivity index (χ3v) is 5.46. The minimum Gasteiger partial charge on any atom is -0.338 e. The van der Waals surface area contributed by atoms with Crippen LogP contribution in [-0.4, -0.2) is 43.0 Å². The van der Waals surface area contributed by atoms with E-state index in [2.05, 4.69) is 13.8 Å². The van der Waals surface area contributed by atoms with Crippen molar-refractivity contribution in [3.05, 3.63) is 35.6 Å². The summed E-state index contributed by atoms with van der Waals surface area (Å²) >= 11 is 0. The Morgan fingerprint density at radius 2 is 1.83 bits per heavy atom. The van der Waals surface area contributed by atoms with Gasteiger partial charge in [-0.05, 0) is 24.6 Å². The van der Waals surface area contributed by atoms with Gasteiger partial charge in [0, 0.05) is 43.3 Å². The van der Waals surface area contributed by atoms with Crippen LogP contribution in [0.15, 0.2) is 24.3 Å². The van der Waals surface area contributed by atoms with Gasteiger partial charge in [-0.15, -0.1) is 0 Å². The van der Waals surface area contributed by atoms with E-state index in [0.29, 0.717) is 11.6 Å². The number of quaternary nitrogens is 1. The Hall–Kier alpha value is -1.42.